The molecule has 8 heteroatoms. The first-order valence-corrected chi connectivity index (χ1v) is 20.7. The molecule has 2 unspecified atom stereocenters. The summed E-state index contributed by atoms with van der Waals surface area (Å²) in [6, 6.07) is 0. The molecule has 4 N–H and O–H groups in total. The third kappa shape index (κ3) is 29.7. The van der Waals surface area contributed by atoms with Crippen molar-refractivity contribution >= 4 is 11.9 Å². The van der Waals surface area contributed by atoms with E-state index >= 15 is 0 Å². The van der Waals surface area contributed by atoms with Gasteiger partial charge in [-0.15, -0.1) is 0 Å². The zero-order valence-electron chi connectivity index (χ0n) is 32.5. The van der Waals surface area contributed by atoms with Crippen LogP contribution in [0.1, 0.15) is 182 Å². The second-order valence-electron chi connectivity index (χ2n) is 14.1. The number of nitrogens with two attached hydrogens (primary N) is 2. The molecule has 0 aliphatic heterocycles. The Kier molecular flexibility index (Phi) is 34.7. The summed E-state index contributed by atoms with van der Waals surface area (Å²) in [6.45, 7) is 16.4. The highest BCUT2D eigenvalue weighted by Crippen LogP contribution is 2.16. The molecule has 0 aliphatic carbocycles. The Bertz CT molecular complexity index is 653. The van der Waals surface area contributed by atoms with Gasteiger partial charge in [0.15, 0.2) is 0 Å². The van der Waals surface area contributed by atoms with Crippen molar-refractivity contribution in [3.05, 3.63) is 0 Å². The van der Waals surface area contributed by atoms with E-state index in [9.17, 15) is 9.59 Å². The molecule has 0 rings (SSSR count). The molecule has 0 aromatic heterocycles. The quantitative estimate of drug-likeness (QED) is 0.0494. The highest BCUT2D eigenvalue weighted by molar-refractivity contribution is 5.69. The lowest BCUT2D eigenvalue weighted by Gasteiger charge is -2.25. The summed E-state index contributed by atoms with van der Waals surface area (Å²) in [5.74, 6) is -0.0455. The number of rotatable bonds is 37. The molecular formula is C40H82N4O4. The van der Waals surface area contributed by atoms with Gasteiger partial charge in [0.1, 0.15) is 12.2 Å². The summed E-state index contributed by atoms with van der Waals surface area (Å²) in [5, 5.41) is 0. The summed E-state index contributed by atoms with van der Waals surface area (Å²) < 4.78 is 11.7. The third-order valence-corrected chi connectivity index (χ3v) is 9.34. The molecule has 0 saturated heterocycles. The summed E-state index contributed by atoms with van der Waals surface area (Å²) >= 11 is 0. The molecule has 2 atom stereocenters. The van der Waals surface area contributed by atoms with Crippen molar-refractivity contribution in [3.8, 4) is 0 Å². The molecule has 0 aromatic rings. The monoisotopic (exact) mass is 683 g/mol. The van der Waals surface area contributed by atoms with Crippen molar-refractivity contribution in [1.29, 1.82) is 0 Å². The van der Waals surface area contributed by atoms with Crippen molar-refractivity contribution in [1.82, 2.24) is 9.80 Å². The van der Waals surface area contributed by atoms with E-state index in [0.29, 0.717) is 25.9 Å². The Hall–Kier alpha value is -1.22. The van der Waals surface area contributed by atoms with Crippen molar-refractivity contribution in [2.45, 2.75) is 194 Å². The van der Waals surface area contributed by atoms with Crippen molar-refractivity contribution in [2.24, 2.45) is 11.5 Å². The number of esters is 2. The minimum absolute atomic E-state index is 0.0228. The fraction of sp³-hybridized carbons (Fsp3) is 0.950. The van der Waals surface area contributed by atoms with E-state index in [1.165, 1.54) is 38.5 Å². The predicted molar refractivity (Wildman–Crippen MR) is 204 cm³/mol. The maximum absolute atomic E-state index is 12.5. The molecule has 0 radical (unpaired) electrons. The maximum Gasteiger partial charge on any atom is 0.306 e. The first kappa shape index (κ1) is 46.8. The Morgan fingerprint density at radius 1 is 0.438 bits per heavy atom. The van der Waals surface area contributed by atoms with Crippen LogP contribution in [0.5, 0.6) is 0 Å². The standard InChI is InChI=1S/C40H82N4O4/c1-5-9-11-13-25-37(23-7-3)47-39(45)27-15-17-31-43(35-21-29-41)33-19-20-34-44(36-22-30-42)32-18-16-28-40(46)48-38(24-8-4)26-14-12-10-6-2/h37-38H,5-36,41-42H2,1-4H3. The van der Waals surface area contributed by atoms with E-state index in [0.717, 1.165) is 142 Å². The summed E-state index contributed by atoms with van der Waals surface area (Å²) in [6.07, 6.45) is 25.1. The number of carbonyl (C=O) groups is 2. The van der Waals surface area contributed by atoms with Gasteiger partial charge in [-0.2, -0.15) is 0 Å². The molecule has 0 aromatic carbocycles. The van der Waals surface area contributed by atoms with Gasteiger partial charge >= 0.3 is 11.9 Å². The Morgan fingerprint density at radius 3 is 1.12 bits per heavy atom. The van der Waals surface area contributed by atoms with Crippen LogP contribution in [0, 0.1) is 0 Å². The number of nitrogens with zero attached hydrogens (tertiary/aromatic N) is 2. The van der Waals surface area contributed by atoms with Crippen LogP contribution >= 0.6 is 0 Å². The molecule has 0 fully saturated rings. The zero-order chi connectivity index (χ0) is 35.5. The Morgan fingerprint density at radius 2 is 0.792 bits per heavy atom. The van der Waals surface area contributed by atoms with Crippen LogP contribution in [-0.4, -0.2) is 86.3 Å². The molecule has 48 heavy (non-hydrogen) atoms. The number of unbranched alkanes of at least 4 members (excludes halogenated alkanes) is 9. The van der Waals surface area contributed by atoms with Crippen LogP contribution < -0.4 is 11.5 Å². The van der Waals surface area contributed by atoms with Gasteiger partial charge in [-0.3, -0.25) is 9.59 Å². The average Bonchev–Trinajstić information content (AvgIpc) is 3.07. The molecular weight excluding hydrogens is 600 g/mol. The molecule has 0 bridgehead atoms. The molecule has 0 heterocycles. The van der Waals surface area contributed by atoms with Gasteiger partial charge in [-0.25, -0.2) is 0 Å². The number of hydrogen-bond acceptors (Lipinski definition) is 8. The molecule has 0 saturated carbocycles. The molecule has 8 nitrogen and oxygen atoms in total. The van der Waals surface area contributed by atoms with Crippen LogP contribution in [0.3, 0.4) is 0 Å². The summed E-state index contributed by atoms with van der Waals surface area (Å²) in [4.78, 5) is 30.1. The number of ether oxygens (including phenoxy) is 2. The minimum Gasteiger partial charge on any atom is -0.462 e. The van der Waals surface area contributed by atoms with Gasteiger partial charge in [0.2, 0.25) is 0 Å². The van der Waals surface area contributed by atoms with Crippen LogP contribution in [0.2, 0.25) is 0 Å². The lowest BCUT2D eigenvalue weighted by Crippen LogP contribution is -2.31. The first-order valence-electron chi connectivity index (χ1n) is 20.7. The second kappa shape index (κ2) is 35.6. The molecule has 0 spiro atoms. The summed E-state index contributed by atoms with van der Waals surface area (Å²) in [7, 11) is 0. The minimum atomic E-state index is -0.0228. The SMILES string of the molecule is CCCCCCC(CCC)OC(=O)CCCCN(CCCN)CCCCN(CCCN)CCCCC(=O)OC(CCC)CCCCCC. The molecule has 0 aliphatic rings. The van der Waals surface area contributed by atoms with E-state index in [1.54, 1.807) is 0 Å². The van der Waals surface area contributed by atoms with E-state index in [4.69, 9.17) is 20.9 Å². The Labute approximate surface area is 298 Å². The van der Waals surface area contributed by atoms with Gasteiger partial charge in [-0.1, -0.05) is 79.1 Å². The highest BCUT2D eigenvalue weighted by atomic mass is 16.5. The lowest BCUT2D eigenvalue weighted by atomic mass is 10.1. The predicted octanol–water partition coefficient (Wildman–Crippen LogP) is 8.77. The highest BCUT2D eigenvalue weighted by Gasteiger charge is 2.15. The van der Waals surface area contributed by atoms with Crippen molar-refractivity contribution < 1.29 is 19.1 Å². The second-order valence-corrected chi connectivity index (χ2v) is 14.1. The maximum atomic E-state index is 12.5. The van der Waals surface area contributed by atoms with E-state index in [-0.39, 0.29) is 24.1 Å². The number of carbonyl (C=O) groups excluding carboxylic acids is 2. The Balaban J connectivity index is 4.45. The fourth-order valence-corrected chi connectivity index (χ4v) is 6.44. The van der Waals surface area contributed by atoms with Crippen LogP contribution in [-0.2, 0) is 19.1 Å². The van der Waals surface area contributed by atoms with Gasteiger partial charge < -0.3 is 30.7 Å². The third-order valence-electron chi connectivity index (χ3n) is 9.34. The number of hydrogen-bond donors (Lipinski definition) is 2. The molecule has 286 valence electrons. The van der Waals surface area contributed by atoms with E-state index in [1.807, 2.05) is 0 Å². The van der Waals surface area contributed by atoms with Gasteiger partial charge in [0.25, 0.3) is 0 Å². The van der Waals surface area contributed by atoms with E-state index < -0.39 is 0 Å². The van der Waals surface area contributed by atoms with E-state index in [2.05, 4.69) is 37.5 Å². The van der Waals surface area contributed by atoms with Crippen LogP contribution in [0.25, 0.3) is 0 Å². The van der Waals surface area contributed by atoms with Gasteiger partial charge in [0.05, 0.1) is 0 Å². The van der Waals surface area contributed by atoms with Gasteiger partial charge in [-0.05, 0) is 142 Å². The van der Waals surface area contributed by atoms with Crippen molar-refractivity contribution in [3.63, 3.8) is 0 Å². The summed E-state index contributed by atoms with van der Waals surface area (Å²) in [5.41, 5.74) is 11.7. The topological polar surface area (TPSA) is 111 Å². The van der Waals surface area contributed by atoms with Gasteiger partial charge in [0, 0.05) is 12.8 Å². The van der Waals surface area contributed by atoms with Crippen molar-refractivity contribution in [2.75, 3.05) is 52.4 Å². The lowest BCUT2D eigenvalue weighted by molar-refractivity contribution is -0.151. The van der Waals surface area contributed by atoms with Crippen LogP contribution in [0.4, 0.5) is 0 Å². The fourth-order valence-electron chi connectivity index (χ4n) is 6.44. The zero-order valence-corrected chi connectivity index (χ0v) is 32.5. The smallest absolute Gasteiger partial charge is 0.306 e. The largest absolute Gasteiger partial charge is 0.462 e. The average molecular weight is 683 g/mol. The normalized spacial score (nSPS) is 12.9. The first-order chi connectivity index (χ1) is 23.4. The van der Waals surface area contributed by atoms with Crippen LogP contribution in [0.15, 0.2) is 0 Å². The molecule has 0 amide bonds.